The summed E-state index contributed by atoms with van der Waals surface area (Å²) in [6.45, 7) is 1.25. The normalized spacial score (nSPS) is 18.8. The number of hydrogen-bond acceptors (Lipinski definition) is 2. The van der Waals surface area contributed by atoms with E-state index in [2.05, 4.69) is 21.2 Å². The van der Waals surface area contributed by atoms with Gasteiger partial charge >= 0.3 is 0 Å². The summed E-state index contributed by atoms with van der Waals surface area (Å²) < 4.78 is 13.7. The zero-order valence-electron chi connectivity index (χ0n) is 10.4. The van der Waals surface area contributed by atoms with Gasteiger partial charge in [-0.3, -0.25) is 0 Å². The van der Waals surface area contributed by atoms with Gasteiger partial charge in [-0.05, 0) is 30.5 Å². The minimum absolute atomic E-state index is 0.239. The van der Waals surface area contributed by atoms with Gasteiger partial charge in [0.2, 0.25) is 0 Å². The third kappa shape index (κ3) is 3.77. The lowest BCUT2D eigenvalue weighted by Gasteiger charge is -2.32. The molecule has 0 amide bonds. The number of rotatable bonds is 4. The lowest BCUT2D eigenvalue weighted by molar-refractivity contribution is 0.00466. The molecule has 0 atom stereocenters. The van der Waals surface area contributed by atoms with Crippen LogP contribution in [0.15, 0.2) is 22.7 Å². The second-order valence-corrected chi connectivity index (χ2v) is 5.98. The highest BCUT2D eigenvalue weighted by Crippen LogP contribution is 2.27. The Balaban J connectivity index is 1.84. The molecule has 1 aromatic carbocycles. The molecular formula is C14H19BrFNO. The Kier molecular flexibility index (Phi) is 4.76. The lowest BCUT2D eigenvalue weighted by Crippen LogP contribution is -2.41. The first-order chi connectivity index (χ1) is 8.59. The molecule has 1 fully saturated rings. The molecule has 4 heteroatoms. The van der Waals surface area contributed by atoms with E-state index in [1.165, 1.54) is 18.6 Å². The molecular weight excluding hydrogens is 297 g/mol. The minimum Gasteiger partial charge on any atom is -0.389 e. The molecule has 0 unspecified atom stereocenters. The van der Waals surface area contributed by atoms with Crippen LogP contribution in [0.4, 0.5) is 4.39 Å². The molecule has 0 aliphatic heterocycles. The van der Waals surface area contributed by atoms with Gasteiger partial charge in [0.1, 0.15) is 5.82 Å². The van der Waals surface area contributed by atoms with E-state index in [0.717, 1.165) is 35.7 Å². The molecule has 1 saturated carbocycles. The molecule has 2 N–H and O–H groups in total. The number of halogens is 2. The number of benzene rings is 1. The molecule has 0 radical (unpaired) electrons. The van der Waals surface area contributed by atoms with Gasteiger partial charge in [0, 0.05) is 17.6 Å². The van der Waals surface area contributed by atoms with Crippen molar-refractivity contribution in [2.75, 3.05) is 6.54 Å². The monoisotopic (exact) mass is 315 g/mol. The summed E-state index contributed by atoms with van der Waals surface area (Å²) in [5.41, 5.74) is 0.459. The Hall–Kier alpha value is -0.450. The van der Waals surface area contributed by atoms with E-state index in [1.54, 1.807) is 6.07 Å². The van der Waals surface area contributed by atoms with Crippen molar-refractivity contribution in [3.05, 3.63) is 34.1 Å². The molecule has 1 aromatic rings. The lowest BCUT2D eigenvalue weighted by atomic mass is 9.85. The van der Waals surface area contributed by atoms with Crippen LogP contribution in [0.5, 0.6) is 0 Å². The fourth-order valence-electron chi connectivity index (χ4n) is 2.48. The molecule has 100 valence electrons. The predicted molar refractivity (Wildman–Crippen MR) is 73.8 cm³/mol. The smallest absolute Gasteiger partial charge is 0.124 e. The van der Waals surface area contributed by atoms with Gasteiger partial charge in [0.15, 0.2) is 0 Å². The van der Waals surface area contributed by atoms with Crippen LogP contribution in [-0.4, -0.2) is 17.3 Å². The van der Waals surface area contributed by atoms with E-state index in [9.17, 15) is 9.50 Å². The van der Waals surface area contributed by atoms with Crippen molar-refractivity contribution in [1.29, 1.82) is 0 Å². The fraction of sp³-hybridized carbons (Fsp3) is 0.571. The first kappa shape index (κ1) is 14.0. The van der Waals surface area contributed by atoms with Crippen molar-refractivity contribution < 1.29 is 9.50 Å². The summed E-state index contributed by atoms with van der Waals surface area (Å²) in [6, 6.07) is 4.68. The van der Waals surface area contributed by atoms with Crippen molar-refractivity contribution in [1.82, 2.24) is 5.32 Å². The van der Waals surface area contributed by atoms with Crippen LogP contribution in [0, 0.1) is 5.82 Å². The maximum absolute atomic E-state index is 12.9. The van der Waals surface area contributed by atoms with Crippen LogP contribution in [0.3, 0.4) is 0 Å². The summed E-state index contributed by atoms with van der Waals surface area (Å²) in [6.07, 6.45) is 5.21. The number of hydrogen-bond donors (Lipinski definition) is 2. The fourth-order valence-corrected chi connectivity index (χ4v) is 2.97. The maximum Gasteiger partial charge on any atom is 0.124 e. The highest BCUT2D eigenvalue weighted by molar-refractivity contribution is 9.10. The van der Waals surface area contributed by atoms with Crippen LogP contribution in [0.2, 0.25) is 0 Å². The Morgan fingerprint density at radius 3 is 2.67 bits per heavy atom. The van der Waals surface area contributed by atoms with Crippen LogP contribution in [-0.2, 0) is 6.54 Å². The van der Waals surface area contributed by atoms with E-state index < -0.39 is 5.60 Å². The van der Waals surface area contributed by atoms with Crippen molar-refractivity contribution >= 4 is 15.9 Å². The predicted octanol–water partition coefficient (Wildman–Crippen LogP) is 3.37. The summed E-state index contributed by atoms with van der Waals surface area (Å²) in [7, 11) is 0. The molecule has 0 saturated heterocycles. The van der Waals surface area contributed by atoms with E-state index in [4.69, 9.17) is 0 Å². The van der Waals surface area contributed by atoms with Crippen LogP contribution in [0.25, 0.3) is 0 Å². The van der Waals surface area contributed by atoms with Gasteiger partial charge < -0.3 is 10.4 Å². The topological polar surface area (TPSA) is 32.3 Å². The molecule has 0 aromatic heterocycles. The zero-order chi connectivity index (χ0) is 13.0. The first-order valence-electron chi connectivity index (χ1n) is 6.46. The van der Waals surface area contributed by atoms with Crippen LogP contribution < -0.4 is 5.32 Å². The van der Waals surface area contributed by atoms with Crippen molar-refractivity contribution in [2.45, 2.75) is 44.2 Å². The van der Waals surface area contributed by atoms with E-state index in [-0.39, 0.29) is 5.82 Å². The highest BCUT2D eigenvalue weighted by Gasteiger charge is 2.28. The number of aliphatic hydroxyl groups is 1. The third-order valence-corrected chi connectivity index (χ3v) is 4.31. The zero-order valence-corrected chi connectivity index (χ0v) is 12.0. The third-order valence-electron chi connectivity index (χ3n) is 3.57. The van der Waals surface area contributed by atoms with Crippen LogP contribution >= 0.6 is 15.9 Å². The van der Waals surface area contributed by atoms with Gasteiger partial charge in [0.05, 0.1) is 5.60 Å². The van der Waals surface area contributed by atoms with Gasteiger partial charge in [-0.15, -0.1) is 0 Å². The standard InChI is InChI=1S/C14H19BrFNO/c15-13-8-12(16)5-4-11(13)9-17-10-14(18)6-2-1-3-7-14/h4-5,8,17-18H,1-3,6-7,9-10H2. The minimum atomic E-state index is -0.551. The molecule has 0 heterocycles. The Bertz CT molecular complexity index is 405. The van der Waals surface area contributed by atoms with Gasteiger partial charge in [-0.25, -0.2) is 4.39 Å². The summed E-state index contributed by atoms with van der Waals surface area (Å²) in [5, 5.41) is 13.6. The first-order valence-corrected chi connectivity index (χ1v) is 7.25. The van der Waals surface area contributed by atoms with E-state index in [1.807, 2.05) is 0 Å². The van der Waals surface area contributed by atoms with Crippen LogP contribution in [0.1, 0.15) is 37.7 Å². The van der Waals surface area contributed by atoms with E-state index in [0.29, 0.717) is 13.1 Å². The quantitative estimate of drug-likeness (QED) is 0.892. The maximum atomic E-state index is 12.9. The average molecular weight is 316 g/mol. The largest absolute Gasteiger partial charge is 0.389 e. The molecule has 2 rings (SSSR count). The SMILES string of the molecule is OC1(CNCc2ccc(F)cc2Br)CCCCC1. The summed E-state index contributed by atoms with van der Waals surface area (Å²) in [5.74, 6) is -0.239. The second-order valence-electron chi connectivity index (χ2n) is 5.12. The van der Waals surface area contributed by atoms with Crippen molar-refractivity contribution in [3.63, 3.8) is 0 Å². The molecule has 0 bridgehead atoms. The van der Waals surface area contributed by atoms with Crippen molar-refractivity contribution in [2.24, 2.45) is 0 Å². The van der Waals surface area contributed by atoms with E-state index >= 15 is 0 Å². The van der Waals surface area contributed by atoms with Gasteiger partial charge in [-0.2, -0.15) is 0 Å². The van der Waals surface area contributed by atoms with Crippen molar-refractivity contribution in [3.8, 4) is 0 Å². The summed E-state index contributed by atoms with van der Waals surface area (Å²) in [4.78, 5) is 0. The average Bonchev–Trinajstić information content (AvgIpc) is 2.33. The molecule has 18 heavy (non-hydrogen) atoms. The van der Waals surface area contributed by atoms with Gasteiger partial charge in [0.25, 0.3) is 0 Å². The summed E-state index contributed by atoms with van der Waals surface area (Å²) >= 11 is 3.34. The highest BCUT2D eigenvalue weighted by atomic mass is 79.9. The molecule has 1 aliphatic rings. The molecule has 2 nitrogen and oxygen atoms in total. The van der Waals surface area contributed by atoms with Gasteiger partial charge in [-0.1, -0.05) is 41.3 Å². The molecule has 1 aliphatic carbocycles. The number of nitrogens with one attached hydrogen (secondary N) is 1. The second kappa shape index (κ2) is 6.13. The Labute approximate surface area is 116 Å². The molecule has 0 spiro atoms. The Morgan fingerprint density at radius 2 is 2.00 bits per heavy atom. The Morgan fingerprint density at radius 1 is 1.28 bits per heavy atom.